The Bertz CT molecular complexity index is 1410. The molecule has 0 aliphatic carbocycles. The van der Waals surface area contributed by atoms with E-state index in [-0.39, 0.29) is 34.9 Å². The van der Waals surface area contributed by atoms with E-state index in [2.05, 4.69) is 31.2 Å². The Labute approximate surface area is 226 Å². The van der Waals surface area contributed by atoms with Crippen LogP contribution in [0.4, 0.5) is 30.5 Å². The molecule has 0 atom stereocenters. The number of nitrogens with one attached hydrogen (secondary N) is 4. The van der Waals surface area contributed by atoms with Gasteiger partial charge in [0.2, 0.25) is 11.8 Å². The molecular formula is C26H24ClF3N6O3. The third-order valence-electron chi connectivity index (χ3n) is 5.55. The molecule has 204 valence electrons. The van der Waals surface area contributed by atoms with E-state index in [1.807, 2.05) is 0 Å². The maximum atomic E-state index is 13.0. The van der Waals surface area contributed by atoms with Crippen LogP contribution in [-0.4, -0.2) is 41.4 Å². The number of aromatic nitrogens is 2. The van der Waals surface area contributed by atoms with E-state index in [0.29, 0.717) is 48.0 Å². The molecular weight excluding hydrogens is 537 g/mol. The van der Waals surface area contributed by atoms with Gasteiger partial charge in [-0.25, -0.2) is 9.97 Å². The highest BCUT2D eigenvalue weighted by Gasteiger charge is 2.30. The third kappa shape index (κ3) is 7.38. The summed E-state index contributed by atoms with van der Waals surface area (Å²) in [7, 11) is 0. The van der Waals surface area contributed by atoms with Crippen molar-refractivity contribution in [3.05, 3.63) is 70.5 Å². The van der Waals surface area contributed by atoms with Gasteiger partial charge in [0, 0.05) is 37.8 Å². The summed E-state index contributed by atoms with van der Waals surface area (Å²) in [5.74, 6) is 0.642. The first-order valence-corrected chi connectivity index (χ1v) is 12.2. The molecule has 0 saturated heterocycles. The zero-order chi connectivity index (χ0) is 28.0. The molecule has 39 heavy (non-hydrogen) atoms. The summed E-state index contributed by atoms with van der Waals surface area (Å²) in [6.07, 6.45) is -0.996. The van der Waals surface area contributed by atoms with Crippen molar-refractivity contribution in [1.29, 1.82) is 0 Å². The van der Waals surface area contributed by atoms with Crippen LogP contribution in [0.15, 0.2) is 54.4 Å². The number of anilines is 3. The number of amides is 2. The summed E-state index contributed by atoms with van der Waals surface area (Å²) >= 11 is 6.37. The zero-order valence-electron chi connectivity index (χ0n) is 20.7. The SMILES string of the molecule is CC(=O)NCCNC(=O)C1=Cc2c(ncnc2Nc2ccc(Oc3cccc(C(F)(F)F)c3)c(Cl)c2)NCC1. The van der Waals surface area contributed by atoms with Crippen LogP contribution >= 0.6 is 11.6 Å². The van der Waals surface area contributed by atoms with Gasteiger partial charge in [-0.15, -0.1) is 0 Å². The highest BCUT2D eigenvalue weighted by molar-refractivity contribution is 6.32. The second-order valence-electron chi connectivity index (χ2n) is 8.47. The summed E-state index contributed by atoms with van der Waals surface area (Å²) in [5.41, 5.74) is 0.754. The van der Waals surface area contributed by atoms with Crippen molar-refractivity contribution >= 4 is 46.8 Å². The minimum atomic E-state index is -4.50. The van der Waals surface area contributed by atoms with E-state index < -0.39 is 11.7 Å². The van der Waals surface area contributed by atoms with Gasteiger partial charge in [-0.2, -0.15) is 13.2 Å². The van der Waals surface area contributed by atoms with Crippen LogP contribution < -0.4 is 26.0 Å². The summed E-state index contributed by atoms with van der Waals surface area (Å²) in [5, 5.41) is 11.9. The zero-order valence-corrected chi connectivity index (χ0v) is 21.4. The standard InChI is InChI=1S/C26H24ClF3N6O3/c1-15(37)31-9-10-33-25(38)16-7-8-32-23-20(11-16)24(35-14-34-23)36-18-5-6-22(21(27)13-18)39-19-4-2-3-17(12-19)26(28,29)30/h2-6,11-14H,7-10H2,1H3,(H,31,37)(H,33,38)(H2,32,34,35,36). The molecule has 0 bridgehead atoms. The molecule has 4 rings (SSSR count). The number of hydrogen-bond donors (Lipinski definition) is 4. The van der Waals surface area contributed by atoms with Gasteiger partial charge in [0.1, 0.15) is 29.5 Å². The quantitative estimate of drug-likeness (QED) is 0.282. The Morgan fingerprint density at radius 1 is 1.10 bits per heavy atom. The van der Waals surface area contributed by atoms with E-state index in [9.17, 15) is 22.8 Å². The summed E-state index contributed by atoms with van der Waals surface area (Å²) in [4.78, 5) is 32.3. The monoisotopic (exact) mass is 560 g/mol. The molecule has 3 aromatic rings. The number of ether oxygens (including phenoxy) is 1. The summed E-state index contributed by atoms with van der Waals surface area (Å²) < 4.78 is 44.6. The van der Waals surface area contributed by atoms with E-state index >= 15 is 0 Å². The second kappa shape index (κ2) is 12.0. The fraction of sp³-hybridized carbons (Fsp3) is 0.231. The molecule has 4 N–H and O–H groups in total. The number of carbonyl (C=O) groups excluding carboxylic acids is 2. The Kier molecular flexibility index (Phi) is 8.55. The smallest absolute Gasteiger partial charge is 0.416 e. The number of fused-ring (bicyclic) bond motifs is 1. The Balaban J connectivity index is 1.51. The number of benzene rings is 2. The highest BCUT2D eigenvalue weighted by atomic mass is 35.5. The molecule has 0 radical (unpaired) electrons. The van der Waals surface area contributed by atoms with Gasteiger partial charge in [0.05, 0.1) is 16.1 Å². The fourth-order valence-electron chi connectivity index (χ4n) is 3.70. The maximum Gasteiger partial charge on any atom is 0.416 e. The van der Waals surface area contributed by atoms with Gasteiger partial charge < -0.3 is 26.0 Å². The lowest BCUT2D eigenvalue weighted by molar-refractivity contribution is -0.137. The maximum absolute atomic E-state index is 13.0. The molecule has 0 spiro atoms. The van der Waals surface area contributed by atoms with Crippen LogP contribution in [0.2, 0.25) is 5.02 Å². The van der Waals surface area contributed by atoms with Gasteiger partial charge in [-0.1, -0.05) is 17.7 Å². The van der Waals surface area contributed by atoms with E-state index in [0.717, 1.165) is 12.1 Å². The average molecular weight is 561 g/mol. The van der Waals surface area contributed by atoms with Crippen molar-refractivity contribution in [3.8, 4) is 11.5 Å². The molecule has 9 nitrogen and oxygen atoms in total. The van der Waals surface area contributed by atoms with Crippen LogP contribution in [0.25, 0.3) is 6.08 Å². The molecule has 0 saturated carbocycles. The van der Waals surface area contributed by atoms with Crippen LogP contribution in [0.5, 0.6) is 11.5 Å². The van der Waals surface area contributed by atoms with E-state index in [1.165, 1.54) is 31.5 Å². The molecule has 1 aliphatic rings. The van der Waals surface area contributed by atoms with Crippen molar-refractivity contribution in [3.63, 3.8) is 0 Å². The van der Waals surface area contributed by atoms with Crippen LogP contribution in [0, 0.1) is 0 Å². The Morgan fingerprint density at radius 3 is 2.64 bits per heavy atom. The Morgan fingerprint density at radius 2 is 1.90 bits per heavy atom. The van der Waals surface area contributed by atoms with Gasteiger partial charge in [-0.05, 0) is 48.9 Å². The molecule has 0 fully saturated rings. The summed E-state index contributed by atoms with van der Waals surface area (Å²) in [6, 6.07) is 9.20. The third-order valence-corrected chi connectivity index (χ3v) is 5.84. The number of halogens is 4. The number of carbonyl (C=O) groups is 2. The average Bonchev–Trinajstić information content (AvgIpc) is 3.11. The predicted molar refractivity (Wildman–Crippen MR) is 141 cm³/mol. The molecule has 2 heterocycles. The topological polar surface area (TPSA) is 117 Å². The summed E-state index contributed by atoms with van der Waals surface area (Å²) in [6.45, 7) is 2.46. The molecule has 2 amide bonds. The van der Waals surface area contributed by atoms with Gasteiger partial charge in [0.15, 0.2) is 0 Å². The highest BCUT2D eigenvalue weighted by Crippen LogP contribution is 2.36. The molecule has 13 heteroatoms. The van der Waals surface area contributed by atoms with E-state index in [1.54, 1.807) is 18.2 Å². The van der Waals surface area contributed by atoms with Crippen molar-refractivity contribution in [2.24, 2.45) is 0 Å². The van der Waals surface area contributed by atoms with Crippen molar-refractivity contribution in [2.75, 3.05) is 30.3 Å². The number of rotatable bonds is 8. The van der Waals surface area contributed by atoms with Crippen molar-refractivity contribution in [1.82, 2.24) is 20.6 Å². The van der Waals surface area contributed by atoms with Crippen LogP contribution in [-0.2, 0) is 15.8 Å². The molecule has 0 unspecified atom stereocenters. The predicted octanol–water partition coefficient (Wildman–Crippen LogP) is 5.14. The lowest BCUT2D eigenvalue weighted by Crippen LogP contribution is -2.34. The van der Waals surface area contributed by atoms with Crippen molar-refractivity contribution < 1.29 is 27.5 Å². The minimum Gasteiger partial charge on any atom is -0.456 e. The van der Waals surface area contributed by atoms with Gasteiger partial charge in [0.25, 0.3) is 0 Å². The van der Waals surface area contributed by atoms with E-state index in [4.69, 9.17) is 16.3 Å². The number of alkyl halides is 3. The number of hydrogen-bond acceptors (Lipinski definition) is 7. The minimum absolute atomic E-state index is 0.00681. The van der Waals surface area contributed by atoms with Gasteiger partial charge in [-0.3, -0.25) is 9.59 Å². The number of nitrogens with zero attached hydrogens (tertiary/aromatic N) is 2. The first-order valence-electron chi connectivity index (χ1n) is 11.8. The Hall–Kier alpha value is -4.32. The van der Waals surface area contributed by atoms with Crippen LogP contribution in [0.3, 0.4) is 0 Å². The molecule has 1 aliphatic heterocycles. The van der Waals surface area contributed by atoms with Gasteiger partial charge >= 0.3 is 6.18 Å². The second-order valence-corrected chi connectivity index (χ2v) is 8.87. The first-order chi connectivity index (χ1) is 18.6. The lowest BCUT2D eigenvalue weighted by atomic mass is 10.1. The van der Waals surface area contributed by atoms with Crippen LogP contribution in [0.1, 0.15) is 24.5 Å². The first kappa shape index (κ1) is 27.7. The fourth-order valence-corrected chi connectivity index (χ4v) is 3.92. The largest absolute Gasteiger partial charge is 0.456 e. The molecule has 2 aromatic carbocycles. The van der Waals surface area contributed by atoms with Crippen molar-refractivity contribution in [2.45, 2.75) is 19.5 Å². The normalized spacial score (nSPS) is 12.8. The molecule has 1 aromatic heterocycles. The lowest BCUT2D eigenvalue weighted by Gasteiger charge is -2.14.